The molecule has 0 spiro atoms. The zero-order chi connectivity index (χ0) is 15.0. The molecule has 2 heterocycles. The minimum Gasteiger partial charge on any atom is -0.277 e. The highest BCUT2D eigenvalue weighted by Crippen LogP contribution is 2.23. The number of aromatic nitrogens is 3. The highest BCUT2D eigenvalue weighted by molar-refractivity contribution is 7.94. The fourth-order valence-electron chi connectivity index (χ4n) is 1.61. The second-order valence-corrected chi connectivity index (χ2v) is 6.75. The molecule has 0 radical (unpaired) electrons. The third kappa shape index (κ3) is 2.55. The largest absolute Gasteiger partial charge is 0.291 e. The second kappa shape index (κ2) is 4.79. The summed E-state index contributed by atoms with van der Waals surface area (Å²) in [4.78, 5) is 14.4. The summed E-state index contributed by atoms with van der Waals surface area (Å²) in [7, 11) is -3.91. The van der Waals surface area contributed by atoms with E-state index in [4.69, 9.17) is 0 Å². The number of nitrogens with zero attached hydrogens (tertiary/aromatic N) is 4. The molecular weight excluding hydrogens is 318 g/mol. The van der Waals surface area contributed by atoms with E-state index in [9.17, 15) is 18.5 Å². The summed E-state index contributed by atoms with van der Waals surface area (Å²) in [6.07, 6.45) is 3.03. The number of imidazole rings is 1. The number of sulfonamides is 1. The molecule has 0 atom stereocenters. The lowest BCUT2D eigenvalue weighted by Crippen LogP contribution is -2.13. The summed E-state index contributed by atoms with van der Waals surface area (Å²) in [5.41, 5.74) is -0.110. The van der Waals surface area contributed by atoms with Gasteiger partial charge in [0.25, 0.3) is 20.1 Å². The molecule has 3 aromatic rings. The molecule has 1 N–H and O–H groups in total. The van der Waals surface area contributed by atoms with Crippen molar-refractivity contribution < 1.29 is 13.3 Å². The van der Waals surface area contributed by atoms with Crippen LogP contribution in [0.1, 0.15) is 0 Å². The van der Waals surface area contributed by atoms with Gasteiger partial charge in [-0.3, -0.25) is 14.8 Å². The average Bonchev–Trinajstić information content (AvgIpc) is 2.99. The Morgan fingerprint density at radius 1 is 1.38 bits per heavy atom. The van der Waals surface area contributed by atoms with Crippen LogP contribution in [0, 0.1) is 10.1 Å². The van der Waals surface area contributed by atoms with E-state index >= 15 is 0 Å². The van der Waals surface area contributed by atoms with Crippen LogP contribution in [0.4, 0.5) is 11.4 Å². The van der Waals surface area contributed by atoms with Gasteiger partial charge in [-0.2, -0.15) is 8.42 Å². The zero-order valence-electron chi connectivity index (χ0n) is 10.2. The summed E-state index contributed by atoms with van der Waals surface area (Å²) >= 11 is 0.897. The molecule has 0 amide bonds. The van der Waals surface area contributed by atoms with Crippen LogP contribution in [0.2, 0.25) is 0 Å². The van der Waals surface area contributed by atoms with Crippen LogP contribution in [0.3, 0.4) is 0 Å². The van der Waals surface area contributed by atoms with Crippen molar-refractivity contribution in [2.24, 2.45) is 0 Å². The summed E-state index contributed by atoms with van der Waals surface area (Å²) < 4.78 is 27.8. The van der Waals surface area contributed by atoms with Gasteiger partial charge in [-0.1, -0.05) is 17.4 Å². The van der Waals surface area contributed by atoms with Gasteiger partial charge in [0, 0.05) is 18.3 Å². The Balaban J connectivity index is 1.94. The maximum atomic E-state index is 12.2. The highest BCUT2D eigenvalue weighted by Gasteiger charge is 2.21. The lowest BCUT2D eigenvalue weighted by Gasteiger charge is -2.04. The van der Waals surface area contributed by atoms with Crippen molar-refractivity contribution in [2.75, 3.05) is 4.72 Å². The van der Waals surface area contributed by atoms with E-state index in [2.05, 4.69) is 14.8 Å². The molecule has 108 valence electrons. The lowest BCUT2D eigenvalue weighted by atomic mass is 10.3. The Labute approximate surface area is 122 Å². The highest BCUT2D eigenvalue weighted by atomic mass is 32.2. The third-order valence-electron chi connectivity index (χ3n) is 2.50. The Bertz CT molecular complexity index is 901. The maximum Gasteiger partial charge on any atom is 0.291 e. The van der Waals surface area contributed by atoms with Crippen LogP contribution < -0.4 is 4.72 Å². The molecule has 0 bridgehead atoms. The molecule has 0 saturated heterocycles. The van der Waals surface area contributed by atoms with E-state index in [1.807, 2.05) is 0 Å². The number of anilines is 1. The molecule has 9 nitrogen and oxygen atoms in total. The van der Waals surface area contributed by atoms with E-state index < -0.39 is 14.9 Å². The van der Waals surface area contributed by atoms with Crippen LogP contribution in [-0.4, -0.2) is 27.9 Å². The number of rotatable bonds is 4. The van der Waals surface area contributed by atoms with Crippen molar-refractivity contribution in [3.63, 3.8) is 0 Å². The van der Waals surface area contributed by atoms with Crippen LogP contribution >= 0.6 is 11.3 Å². The molecule has 2 aromatic heterocycles. The first kappa shape index (κ1) is 13.5. The van der Waals surface area contributed by atoms with E-state index in [0.717, 1.165) is 17.4 Å². The van der Waals surface area contributed by atoms with Crippen molar-refractivity contribution in [1.29, 1.82) is 0 Å². The van der Waals surface area contributed by atoms with Gasteiger partial charge in [-0.05, 0) is 6.07 Å². The lowest BCUT2D eigenvalue weighted by molar-refractivity contribution is -0.384. The molecule has 0 aliphatic heterocycles. The van der Waals surface area contributed by atoms with E-state index in [-0.39, 0.29) is 15.7 Å². The van der Waals surface area contributed by atoms with Crippen LogP contribution in [0.25, 0.3) is 4.96 Å². The van der Waals surface area contributed by atoms with E-state index in [1.165, 1.54) is 35.1 Å². The average molecular weight is 325 g/mol. The topological polar surface area (TPSA) is 120 Å². The molecule has 0 saturated carbocycles. The number of hydrogen-bond acceptors (Lipinski definition) is 7. The van der Waals surface area contributed by atoms with Crippen molar-refractivity contribution in [1.82, 2.24) is 14.6 Å². The smallest absolute Gasteiger partial charge is 0.277 e. The van der Waals surface area contributed by atoms with Crippen molar-refractivity contribution >= 4 is 37.7 Å². The van der Waals surface area contributed by atoms with Crippen LogP contribution in [0.5, 0.6) is 0 Å². The van der Waals surface area contributed by atoms with Crippen molar-refractivity contribution in [3.8, 4) is 0 Å². The fraction of sp³-hybridized carbons (Fsp3) is 0. The maximum absolute atomic E-state index is 12.2. The quantitative estimate of drug-likeness (QED) is 0.573. The molecule has 0 fully saturated rings. The van der Waals surface area contributed by atoms with E-state index in [0.29, 0.717) is 4.96 Å². The van der Waals surface area contributed by atoms with Gasteiger partial charge in [0.15, 0.2) is 0 Å². The number of benzene rings is 1. The predicted molar refractivity (Wildman–Crippen MR) is 74.8 cm³/mol. The molecule has 0 aliphatic carbocycles. The first-order chi connectivity index (χ1) is 9.95. The first-order valence-electron chi connectivity index (χ1n) is 5.53. The summed E-state index contributed by atoms with van der Waals surface area (Å²) in [5.74, 6) is 0. The third-order valence-corrected chi connectivity index (χ3v) is 5.18. The number of hydrogen-bond donors (Lipinski definition) is 1. The molecular formula is C10H7N5O4S2. The summed E-state index contributed by atoms with van der Waals surface area (Å²) in [6, 6.07) is 5.22. The number of nitro benzene ring substituents is 1. The molecule has 21 heavy (non-hydrogen) atoms. The SMILES string of the molecule is O=[N+]([O-])c1cccc(NS(=O)(=O)c2nn3ccnc3s2)c1. The second-order valence-electron chi connectivity index (χ2n) is 3.94. The Morgan fingerprint density at radius 2 is 2.19 bits per heavy atom. The number of nitrogens with one attached hydrogen (secondary N) is 1. The first-order valence-corrected chi connectivity index (χ1v) is 7.83. The Hall–Kier alpha value is -2.53. The number of nitro groups is 1. The predicted octanol–water partition coefficient (Wildman–Crippen LogP) is 1.50. The Kier molecular flexibility index (Phi) is 3.07. The van der Waals surface area contributed by atoms with Crippen molar-refractivity contribution in [3.05, 3.63) is 46.8 Å². The zero-order valence-corrected chi connectivity index (χ0v) is 11.8. The van der Waals surface area contributed by atoms with Gasteiger partial charge in [-0.25, -0.2) is 9.50 Å². The monoisotopic (exact) mass is 325 g/mol. The van der Waals surface area contributed by atoms with Gasteiger partial charge >= 0.3 is 0 Å². The standard InChI is InChI=1S/C10H7N5O4S2/c16-15(17)8-3-1-2-7(6-8)13-21(18,19)10-12-14-5-4-11-9(14)20-10/h1-6,13H. The normalized spacial score (nSPS) is 11.6. The van der Waals surface area contributed by atoms with Gasteiger partial charge in [0.2, 0.25) is 4.96 Å². The van der Waals surface area contributed by atoms with Crippen LogP contribution in [0.15, 0.2) is 41.0 Å². The molecule has 11 heteroatoms. The van der Waals surface area contributed by atoms with Gasteiger partial charge in [-0.15, -0.1) is 5.10 Å². The van der Waals surface area contributed by atoms with Crippen molar-refractivity contribution in [2.45, 2.75) is 4.34 Å². The van der Waals surface area contributed by atoms with Gasteiger partial charge in [0.1, 0.15) is 0 Å². The minimum absolute atomic E-state index is 0.0945. The summed E-state index contributed by atoms with van der Waals surface area (Å²) in [5, 5.41) is 14.6. The number of fused-ring (bicyclic) bond motifs is 1. The fourth-order valence-corrected chi connectivity index (χ4v) is 3.71. The minimum atomic E-state index is -3.91. The van der Waals surface area contributed by atoms with E-state index in [1.54, 1.807) is 0 Å². The molecule has 0 unspecified atom stereocenters. The molecule has 0 aliphatic rings. The number of non-ortho nitro benzene ring substituents is 1. The van der Waals surface area contributed by atoms with Crippen LogP contribution in [-0.2, 0) is 10.0 Å². The molecule has 1 aromatic carbocycles. The van der Waals surface area contributed by atoms with Gasteiger partial charge < -0.3 is 0 Å². The van der Waals surface area contributed by atoms with Gasteiger partial charge in [0.05, 0.1) is 16.8 Å². The Morgan fingerprint density at radius 3 is 2.90 bits per heavy atom. The molecule has 3 rings (SSSR count). The summed E-state index contributed by atoms with van der Waals surface area (Å²) in [6.45, 7) is 0.